The predicted molar refractivity (Wildman–Crippen MR) is 123 cm³/mol. The largest absolute Gasteiger partial charge is 0.496 e. The molecular formula is C20H35IN4O2. The number of halogens is 1. The van der Waals surface area contributed by atoms with Crippen molar-refractivity contribution in [2.45, 2.75) is 32.2 Å². The number of likely N-dealkylation sites (tertiary alicyclic amines) is 1. The van der Waals surface area contributed by atoms with Gasteiger partial charge in [0.05, 0.1) is 13.7 Å². The van der Waals surface area contributed by atoms with Crippen LogP contribution < -0.4 is 15.4 Å². The van der Waals surface area contributed by atoms with Crippen molar-refractivity contribution in [2.24, 2.45) is 4.99 Å². The molecule has 0 amide bonds. The molecule has 1 aromatic rings. The quantitative estimate of drug-likeness (QED) is 0.317. The molecule has 1 fully saturated rings. The van der Waals surface area contributed by atoms with Crippen molar-refractivity contribution in [2.75, 3.05) is 54.1 Å². The number of rotatable bonds is 9. The molecule has 1 unspecified atom stereocenters. The normalized spacial score (nSPS) is 17.5. The Hall–Kier alpha value is -1.06. The smallest absolute Gasteiger partial charge is 0.191 e. The third-order valence-electron chi connectivity index (χ3n) is 4.93. The summed E-state index contributed by atoms with van der Waals surface area (Å²) in [5.74, 6) is 1.80. The summed E-state index contributed by atoms with van der Waals surface area (Å²) in [4.78, 5) is 6.85. The van der Waals surface area contributed by atoms with Crippen molar-refractivity contribution >= 4 is 29.9 Å². The molecule has 0 bridgehead atoms. The second kappa shape index (κ2) is 13.2. The van der Waals surface area contributed by atoms with E-state index in [0.29, 0.717) is 6.04 Å². The van der Waals surface area contributed by atoms with Crippen LogP contribution in [-0.2, 0) is 11.2 Å². The lowest BCUT2D eigenvalue weighted by molar-refractivity contribution is 0.141. The number of benzene rings is 1. The zero-order chi connectivity index (χ0) is 18.8. The molecule has 0 radical (unpaired) electrons. The van der Waals surface area contributed by atoms with Crippen LogP contribution in [0.1, 0.15) is 24.0 Å². The highest BCUT2D eigenvalue weighted by molar-refractivity contribution is 14.0. The van der Waals surface area contributed by atoms with E-state index in [1.807, 2.05) is 13.1 Å². The number of methoxy groups -OCH3 is 2. The van der Waals surface area contributed by atoms with Gasteiger partial charge in [0.15, 0.2) is 5.96 Å². The molecule has 0 spiro atoms. The molecule has 1 aliphatic rings. The first-order valence-electron chi connectivity index (χ1n) is 9.49. The third-order valence-corrected chi connectivity index (χ3v) is 4.93. The Labute approximate surface area is 181 Å². The molecule has 154 valence electrons. The average Bonchev–Trinajstić information content (AvgIpc) is 3.10. The molecule has 2 rings (SSSR count). The van der Waals surface area contributed by atoms with Gasteiger partial charge in [0.25, 0.3) is 0 Å². The number of nitrogens with zero attached hydrogens (tertiary/aromatic N) is 2. The molecule has 1 atom stereocenters. The zero-order valence-corrected chi connectivity index (χ0v) is 19.4. The van der Waals surface area contributed by atoms with Gasteiger partial charge in [-0.2, -0.15) is 0 Å². The second-order valence-corrected chi connectivity index (χ2v) is 6.77. The molecule has 0 saturated carbocycles. The van der Waals surface area contributed by atoms with Crippen LogP contribution in [0.3, 0.4) is 0 Å². The molecule has 1 aromatic carbocycles. The van der Waals surface area contributed by atoms with E-state index in [4.69, 9.17) is 9.47 Å². The number of hydrogen-bond donors (Lipinski definition) is 2. The van der Waals surface area contributed by atoms with Gasteiger partial charge in [0.1, 0.15) is 5.75 Å². The maximum Gasteiger partial charge on any atom is 0.191 e. The van der Waals surface area contributed by atoms with E-state index in [2.05, 4.69) is 39.6 Å². The van der Waals surface area contributed by atoms with Crippen LogP contribution in [0.4, 0.5) is 0 Å². The summed E-state index contributed by atoms with van der Waals surface area (Å²) in [5, 5.41) is 6.88. The molecule has 0 aromatic heterocycles. The first kappa shape index (κ1) is 24.0. The zero-order valence-electron chi connectivity index (χ0n) is 17.1. The Balaban J connectivity index is 0.00000364. The first-order valence-corrected chi connectivity index (χ1v) is 9.49. The Kier molecular flexibility index (Phi) is 11.7. The van der Waals surface area contributed by atoms with Gasteiger partial charge in [-0.05, 0) is 44.4 Å². The highest BCUT2D eigenvalue weighted by Crippen LogP contribution is 2.19. The van der Waals surface area contributed by atoms with Crippen molar-refractivity contribution in [3.05, 3.63) is 29.3 Å². The molecule has 0 aliphatic carbocycles. The van der Waals surface area contributed by atoms with E-state index in [-0.39, 0.29) is 24.0 Å². The molecule has 2 N–H and O–H groups in total. The number of hydrogen-bond acceptors (Lipinski definition) is 4. The van der Waals surface area contributed by atoms with Gasteiger partial charge in [-0.25, -0.2) is 0 Å². The third kappa shape index (κ3) is 7.83. The van der Waals surface area contributed by atoms with E-state index in [0.717, 1.165) is 50.9 Å². The molecule has 1 aliphatic heterocycles. The maximum atomic E-state index is 5.45. The Morgan fingerprint density at radius 2 is 2.11 bits per heavy atom. The minimum atomic E-state index is 0. The second-order valence-electron chi connectivity index (χ2n) is 6.77. The van der Waals surface area contributed by atoms with E-state index in [1.165, 1.54) is 24.0 Å². The van der Waals surface area contributed by atoms with E-state index >= 15 is 0 Å². The van der Waals surface area contributed by atoms with Crippen molar-refractivity contribution in [1.82, 2.24) is 15.5 Å². The van der Waals surface area contributed by atoms with Crippen LogP contribution in [0.5, 0.6) is 5.75 Å². The lowest BCUT2D eigenvalue weighted by atomic mass is 10.1. The fourth-order valence-electron chi connectivity index (χ4n) is 3.48. The highest BCUT2D eigenvalue weighted by atomic mass is 127. The standard InChI is InChI=1S/C20H34N4O2.HI/c1-16-7-8-19(26-4)17(14-16)9-10-22-20(21-2)23-15-18-6-5-11-24(18)12-13-25-3;/h7-8,14,18H,5-6,9-13,15H2,1-4H3,(H2,21,22,23);1H. The Bertz CT molecular complexity index is 583. The van der Waals surface area contributed by atoms with Crippen LogP contribution in [0.2, 0.25) is 0 Å². The number of guanidine groups is 1. The van der Waals surface area contributed by atoms with Crippen LogP contribution in [0, 0.1) is 6.92 Å². The Morgan fingerprint density at radius 3 is 2.81 bits per heavy atom. The van der Waals surface area contributed by atoms with Crippen LogP contribution in [0.25, 0.3) is 0 Å². The minimum Gasteiger partial charge on any atom is -0.496 e. The minimum absolute atomic E-state index is 0. The lowest BCUT2D eigenvalue weighted by Crippen LogP contribution is -2.45. The number of ether oxygens (including phenoxy) is 2. The van der Waals surface area contributed by atoms with Gasteiger partial charge in [-0.1, -0.05) is 17.7 Å². The number of nitrogens with one attached hydrogen (secondary N) is 2. The van der Waals surface area contributed by atoms with Crippen molar-refractivity contribution in [1.29, 1.82) is 0 Å². The SMILES string of the molecule is CN=C(NCCc1cc(C)ccc1OC)NCC1CCCN1CCOC.I. The van der Waals surface area contributed by atoms with Gasteiger partial charge in [-0.3, -0.25) is 9.89 Å². The lowest BCUT2D eigenvalue weighted by Gasteiger charge is -2.25. The summed E-state index contributed by atoms with van der Waals surface area (Å²) in [7, 11) is 5.30. The van der Waals surface area contributed by atoms with Crippen LogP contribution >= 0.6 is 24.0 Å². The molecular weight excluding hydrogens is 455 g/mol. The topological polar surface area (TPSA) is 58.1 Å². The van der Waals surface area contributed by atoms with Gasteiger partial charge in [0.2, 0.25) is 0 Å². The first-order chi connectivity index (χ1) is 12.7. The predicted octanol–water partition coefficient (Wildman–Crippen LogP) is 2.44. The molecule has 6 nitrogen and oxygen atoms in total. The van der Waals surface area contributed by atoms with Crippen molar-refractivity contribution < 1.29 is 9.47 Å². The van der Waals surface area contributed by atoms with E-state index < -0.39 is 0 Å². The Morgan fingerprint density at radius 1 is 1.30 bits per heavy atom. The van der Waals surface area contributed by atoms with Gasteiger partial charge >= 0.3 is 0 Å². The summed E-state index contributed by atoms with van der Waals surface area (Å²) < 4.78 is 10.7. The van der Waals surface area contributed by atoms with Crippen molar-refractivity contribution in [3.8, 4) is 5.75 Å². The molecule has 1 saturated heterocycles. The van der Waals surface area contributed by atoms with Gasteiger partial charge in [-0.15, -0.1) is 24.0 Å². The number of aliphatic imine (C=N–C) groups is 1. The fourth-order valence-corrected chi connectivity index (χ4v) is 3.48. The van der Waals surface area contributed by atoms with Crippen LogP contribution in [0.15, 0.2) is 23.2 Å². The summed E-state index contributed by atoms with van der Waals surface area (Å²) in [6.45, 7) is 6.79. The van der Waals surface area contributed by atoms with Crippen LogP contribution in [-0.4, -0.2) is 71.0 Å². The fraction of sp³-hybridized carbons (Fsp3) is 0.650. The highest BCUT2D eigenvalue weighted by Gasteiger charge is 2.23. The monoisotopic (exact) mass is 490 g/mol. The van der Waals surface area contributed by atoms with E-state index in [9.17, 15) is 0 Å². The van der Waals surface area contributed by atoms with E-state index in [1.54, 1.807) is 14.2 Å². The summed E-state index contributed by atoms with van der Waals surface area (Å²) >= 11 is 0. The van der Waals surface area contributed by atoms with Gasteiger partial charge < -0.3 is 20.1 Å². The summed E-state index contributed by atoms with van der Waals surface area (Å²) in [6, 6.07) is 6.85. The average molecular weight is 490 g/mol. The number of aryl methyl sites for hydroxylation is 1. The molecule has 7 heteroatoms. The maximum absolute atomic E-state index is 5.45. The van der Waals surface area contributed by atoms with Crippen molar-refractivity contribution in [3.63, 3.8) is 0 Å². The summed E-state index contributed by atoms with van der Waals surface area (Å²) in [5.41, 5.74) is 2.47. The molecule has 27 heavy (non-hydrogen) atoms. The summed E-state index contributed by atoms with van der Waals surface area (Å²) in [6.07, 6.45) is 3.39. The van der Waals surface area contributed by atoms with Gasteiger partial charge in [0, 0.05) is 39.8 Å². The molecule has 1 heterocycles.